The molecule has 9 heteroatoms. The first kappa shape index (κ1) is 13.6. The molecular weight excluding hydrogens is 266 g/mol. The number of aromatic carboxylic acids is 1. The Bertz CT molecular complexity index is 667. The van der Waals surface area contributed by atoms with Crippen molar-refractivity contribution in [2.45, 2.75) is 19.8 Å². The molecule has 0 fully saturated rings. The van der Waals surface area contributed by atoms with Crippen molar-refractivity contribution in [1.29, 1.82) is 0 Å². The summed E-state index contributed by atoms with van der Waals surface area (Å²) in [6, 6.07) is 2.76. The fourth-order valence-electron chi connectivity index (χ4n) is 1.65. The molecule has 2 aromatic rings. The van der Waals surface area contributed by atoms with Crippen molar-refractivity contribution in [3.8, 4) is 5.82 Å². The van der Waals surface area contributed by atoms with Crippen molar-refractivity contribution in [2.75, 3.05) is 0 Å². The van der Waals surface area contributed by atoms with E-state index in [1.54, 1.807) is 0 Å². The molecule has 2 aromatic heterocycles. The normalized spacial score (nSPS) is 10.4. The smallest absolute Gasteiger partial charge is 0.478 e. The minimum atomic E-state index is -1.10. The highest BCUT2D eigenvalue weighted by Gasteiger charge is 2.17. The molecular formula is C11H11N5O4. The van der Waals surface area contributed by atoms with Gasteiger partial charge in [0.25, 0.3) is 0 Å². The highest BCUT2D eigenvalue weighted by molar-refractivity contribution is 5.88. The lowest BCUT2D eigenvalue weighted by Crippen LogP contribution is -2.06. The lowest BCUT2D eigenvalue weighted by molar-refractivity contribution is -0.394. The molecule has 0 radical (unpaired) electrons. The second-order valence-corrected chi connectivity index (χ2v) is 4.01. The Balaban J connectivity index is 2.48. The van der Waals surface area contributed by atoms with Crippen LogP contribution in [0.4, 0.5) is 5.95 Å². The summed E-state index contributed by atoms with van der Waals surface area (Å²) in [5.41, 5.74) is 0.636. The second kappa shape index (κ2) is 5.43. The first-order chi connectivity index (χ1) is 9.51. The van der Waals surface area contributed by atoms with Crippen LogP contribution in [0, 0.1) is 10.1 Å². The summed E-state index contributed by atoms with van der Waals surface area (Å²) in [5.74, 6) is -1.47. The third-order valence-corrected chi connectivity index (χ3v) is 2.50. The number of nitrogens with zero attached hydrogens (tertiary/aromatic N) is 5. The number of aryl methyl sites for hydroxylation is 1. The molecule has 0 bridgehead atoms. The van der Waals surface area contributed by atoms with Gasteiger partial charge >= 0.3 is 11.9 Å². The standard InChI is InChI=1S/C11H11N5O4/c1-2-3-8-4-7(10(17)18)5-9(13-8)15-6-12-11(14-15)16(19)20/h4-6H,2-3H2,1H3,(H,17,18). The number of hydrogen-bond donors (Lipinski definition) is 1. The average molecular weight is 277 g/mol. The van der Waals surface area contributed by atoms with Crippen molar-refractivity contribution >= 4 is 11.9 Å². The minimum absolute atomic E-state index is 0.0524. The molecule has 2 rings (SSSR count). The van der Waals surface area contributed by atoms with Crippen molar-refractivity contribution in [3.63, 3.8) is 0 Å². The molecule has 20 heavy (non-hydrogen) atoms. The van der Waals surface area contributed by atoms with E-state index >= 15 is 0 Å². The van der Waals surface area contributed by atoms with Gasteiger partial charge in [-0.25, -0.2) is 9.78 Å². The number of aromatic nitrogens is 4. The lowest BCUT2D eigenvalue weighted by Gasteiger charge is -2.03. The molecule has 0 aliphatic heterocycles. The first-order valence-electron chi connectivity index (χ1n) is 5.82. The fourth-order valence-corrected chi connectivity index (χ4v) is 1.65. The Labute approximate surface area is 113 Å². The van der Waals surface area contributed by atoms with Gasteiger partial charge in [-0.15, -0.1) is 4.68 Å². The van der Waals surface area contributed by atoms with Crippen LogP contribution in [-0.2, 0) is 6.42 Å². The molecule has 0 atom stereocenters. The predicted molar refractivity (Wildman–Crippen MR) is 66.8 cm³/mol. The molecule has 104 valence electrons. The van der Waals surface area contributed by atoms with E-state index in [1.165, 1.54) is 12.1 Å². The van der Waals surface area contributed by atoms with Gasteiger partial charge < -0.3 is 15.2 Å². The number of carboxylic acid groups (broad SMARTS) is 1. The summed E-state index contributed by atoms with van der Waals surface area (Å²) in [4.78, 5) is 28.6. The van der Waals surface area contributed by atoms with Crippen LogP contribution in [0.3, 0.4) is 0 Å². The number of carboxylic acids is 1. The van der Waals surface area contributed by atoms with E-state index in [-0.39, 0.29) is 11.4 Å². The van der Waals surface area contributed by atoms with E-state index in [2.05, 4.69) is 15.1 Å². The monoisotopic (exact) mass is 277 g/mol. The van der Waals surface area contributed by atoms with Crippen LogP contribution in [-0.4, -0.2) is 35.7 Å². The maximum Gasteiger partial charge on any atom is 0.491 e. The van der Waals surface area contributed by atoms with Crippen molar-refractivity contribution in [3.05, 3.63) is 39.8 Å². The van der Waals surface area contributed by atoms with Gasteiger partial charge in [0.2, 0.25) is 6.33 Å². The van der Waals surface area contributed by atoms with Gasteiger partial charge in [0, 0.05) is 10.8 Å². The minimum Gasteiger partial charge on any atom is -0.478 e. The molecule has 1 N–H and O–H groups in total. The van der Waals surface area contributed by atoms with Gasteiger partial charge in [-0.2, -0.15) is 0 Å². The molecule has 0 amide bonds. The van der Waals surface area contributed by atoms with E-state index in [9.17, 15) is 14.9 Å². The first-order valence-corrected chi connectivity index (χ1v) is 5.82. The topological polar surface area (TPSA) is 124 Å². The summed E-state index contributed by atoms with van der Waals surface area (Å²) in [6.45, 7) is 1.94. The fraction of sp³-hybridized carbons (Fsp3) is 0.273. The van der Waals surface area contributed by atoms with Crippen molar-refractivity contribution in [2.24, 2.45) is 0 Å². The van der Waals surface area contributed by atoms with Gasteiger partial charge in [0.1, 0.15) is 0 Å². The molecule has 2 heterocycles. The number of carbonyl (C=O) groups is 1. The third-order valence-electron chi connectivity index (χ3n) is 2.50. The molecule has 0 aliphatic rings. The van der Waals surface area contributed by atoms with Crippen LogP contribution in [0.25, 0.3) is 5.82 Å². The molecule has 0 aromatic carbocycles. The highest BCUT2D eigenvalue weighted by Crippen LogP contribution is 2.13. The van der Waals surface area contributed by atoms with E-state index in [0.29, 0.717) is 12.1 Å². The van der Waals surface area contributed by atoms with E-state index in [4.69, 9.17) is 5.11 Å². The summed E-state index contributed by atoms with van der Waals surface area (Å²) >= 11 is 0. The van der Waals surface area contributed by atoms with Crippen LogP contribution >= 0.6 is 0 Å². The van der Waals surface area contributed by atoms with Gasteiger partial charge in [-0.1, -0.05) is 18.3 Å². The van der Waals surface area contributed by atoms with E-state index in [1.807, 2.05) is 6.92 Å². The summed E-state index contributed by atoms with van der Waals surface area (Å²) in [6.07, 6.45) is 2.53. The maximum atomic E-state index is 11.1. The van der Waals surface area contributed by atoms with Crippen molar-refractivity contribution < 1.29 is 14.8 Å². The Hall–Kier alpha value is -2.84. The largest absolute Gasteiger partial charge is 0.491 e. The van der Waals surface area contributed by atoms with E-state index in [0.717, 1.165) is 17.4 Å². The zero-order chi connectivity index (χ0) is 14.7. The summed E-state index contributed by atoms with van der Waals surface area (Å²) in [7, 11) is 0. The van der Waals surface area contributed by atoms with Gasteiger partial charge in [-0.3, -0.25) is 0 Å². The Morgan fingerprint density at radius 1 is 1.50 bits per heavy atom. The third kappa shape index (κ3) is 2.76. The highest BCUT2D eigenvalue weighted by atomic mass is 16.6. The summed E-state index contributed by atoms with van der Waals surface area (Å²) < 4.78 is 1.09. The number of hydrogen-bond acceptors (Lipinski definition) is 6. The number of rotatable bonds is 5. The van der Waals surface area contributed by atoms with Crippen LogP contribution in [0.1, 0.15) is 29.4 Å². The molecule has 9 nitrogen and oxygen atoms in total. The van der Waals surface area contributed by atoms with Gasteiger partial charge in [-0.05, 0) is 23.5 Å². The van der Waals surface area contributed by atoms with Gasteiger partial charge in [0.05, 0.1) is 5.56 Å². The van der Waals surface area contributed by atoms with Crippen LogP contribution < -0.4 is 0 Å². The van der Waals surface area contributed by atoms with Crippen LogP contribution in [0.5, 0.6) is 0 Å². The van der Waals surface area contributed by atoms with Crippen molar-refractivity contribution in [1.82, 2.24) is 19.7 Å². The van der Waals surface area contributed by atoms with E-state index < -0.39 is 16.8 Å². The lowest BCUT2D eigenvalue weighted by atomic mass is 10.1. The Morgan fingerprint density at radius 3 is 2.80 bits per heavy atom. The molecule has 0 unspecified atom stereocenters. The molecule has 0 saturated carbocycles. The SMILES string of the molecule is CCCc1cc(C(=O)O)cc(-n2cnc([N+](=O)[O-])n2)n1. The summed E-state index contributed by atoms with van der Waals surface area (Å²) in [5, 5.41) is 23.2. The zero-order valence-electron chi connectivity index (χ0n) is 10.6. The van der Waals surface area contributed by atoms with Crippen LogP contribution in [0.2, 0.25) is 0 Å². The predicted octanol–water partition coefficient (Wildman–Crippen LogP) is 1.22. The average Bonchev–Trinajstić information content (AvgIpc) is 2.88. The molecule has 0 spiro atoms. The second-order valence-electron chi connectivity index (χ2n) is 4.01. The quantitative estimate of drug-likeness (QED) is 0.643. The molecule has 0 saturated heterocycles. The zero-order valence-corrected chi connectivity index (χ0v) is 10.6. The number of nitro groups is 1. The van der Waals surface area contributed by atoms with Gasteiger partial charge in [0.15, 0.2) is 5.82 Å². The van der Waals surface area contributed by atoms with Crippen LogP contribution in [0.15, 0.2) is 18.5 Å². The molecule has 0 aliphatic carbocycles. The maximum absolute atomic E-state index is 11.1. The number of pyridine rings is 1. The Kier molecular flexibility index (Phi) is 3.69. The Morgan fingerprint density at radius 2 is 2.25 bits per heavy atom.